The number of hydrogen-bond donors (Lipinski definition) is 2. The van der Waals surface area contributed by atoms with E-state index in [4.69, 9.17) is 0 Å². The highest BCUT2D eigenvalue weighted by atomic mass is 19.1. The third-order valence-electron chi connectivity index (χ3n) is 4.61. The standard InChI is InChI=1S/C17H25FN4/c1-19-17(20-14-6-3-7-14)21-15-8-4-10-22(12-15)16-9-2-5-13(18)11-16/h2,5,9,11,14-15H,3-4,6-8,10,12H2,1H3,(H2,19,20,21). The summed E-state index contributed by atoms with van der Waals surface area (Å²) in [6.45, 7) is 1.87. The highest BCUT2D eigenvalue weighted by Crippen LogP contribution is 2.21. The molecule has 2 N–H and O–H groups in total. The van der Waals surface area contributed by atoms with Gasteiger partial charge in [0.2, 0.25) is 0 Å². The van der Waals surface area contributed by atoms with Crippen LogP contribution in [0.1, 0.15) is 32.1 Å². The van der Waals surface area contributed by atoms with E-state index in [1.807, 2.05) is 13.1 Å². The average molecular weight is 304 g/mol. The molecule has 0 aromatic heterocycles. The Hall–Kier alpha value is -1.78. The number of guanidine groups is 1. The van der Waals surface area contributed by atoms with E-state index in [0.29, 0.717) is 12.1 Å². The summed E-state index contributed by atoms with van der Waals surface area (Å²) in [5.74, 6) is 0.728. The maximum absolute atomic E-state index is 13.4. The molecule has 1 aromatic rings. The zero-order valence-corrected chi connectivity index (χ0v) is 13.2. The van der Waals surface area contributed by atoms with Crippen molar-refractivity contribution in [1.82, 2.24) is 10.6 Å². The Morgan fingerprint density at radius 2 is 1.95 bits per heavy atom. The number of halogens is 1. The maximum atomic E-state index is 13.4. The van der Waals surface area contributed by atoms with Crippen LogP contribution in [0.3, 0.4) is 0 Å². The molecule has 0 spiro atoms. The Kier molecular flexibility index (Phi) is 4.80. The quantitative estimate of drug-likeness (QED) is 0.666. The molecule has 3 rings (SSSR count). The topological polar surface area (TPSA) is 39.7 Å². The van der Waals surface area contributed by atoms with Crippen molar-refractivity contribution in [3.8, 4) is 0 Å². The van der Waals surface area contributed by atoms with Crippen LogP contribution in [-0.2, 0) is 0 Å². The predicted molar refractivity (Wildman–Crippen MR) is 88.9 cm³/mol. The lowest BCUT2D eigenvalue weighted by molar-refractivity contribution is 0.374. The smallest absolute Gasteiger partial charge is 0.191 e. The molecular formula is C17H25FN4. The largest absolute Gasteiger partial charge is 0.369 e. The molecule has 2 aliphatic rings. The molecule has 1 unspecified atom stereocenters. The molecule has 1 saturated carbocycles. The molecule has 22 heavy (non-hydrogen) atoms. The lowest BCUT2D eigenvalue weighted by Gasteiger charge is -2.36. The third kappa shape index (κ3) is 3.70. The maximum Gasteiger partial charge on any atom is 0.191 e. The number of nitrogens with zero attached hydrogens (tertiary/aromatic N) is 2. The van der Waals surface area contributed by atoms with Crippen LogP contribution >= 0.6 is 0 Å². The fourth-order valence-electron chi connectivity index (χ4n) is 3.11. The zero-order valence-electron chi connectivity index (χ0n) is 13.2. The molecule has 1 aliphatic heterocycles. The van der Waals surface area contributed by atoms with E-state index < -0.39 is 0 Å². The minimum absolute atomic E-state index is 0.171. The number of hydrogen-bond acceptors (Lipinski definition) is 2. The van der Waals surface area contributed by atoms with Gasteiger partial charge >= 0.3 is 0 Å². The van der Waals surface area contributed by atoms with Gasteiger partial charge in [-0.25, -0.2) is 4.39 Å². The Labute approximate surface area is 131 Å². The number of anilines is 1. The fourth-order valence-corrected chi connectivity index (χ4v) is 3.11. The lowest BCUT2D eigenvalue weighted by atomic mass is 9.93. The van der Waals surface area contributed by atoms with Crippen LogP contribution in [-0.4, -0.2) is 38.2 Å². The van der Waals surface area contributed by atoms with Gasteiger partial charge in [-0.05, 0) is 50.3 Å². The van der Waals surface area contributed by atoms with Crippen molar-refractivity contribution >= 4 is 11.6 Å². The van der Waals surface area contributed by atoms with Crippen molar-refractivity contribution in [2.24, 2.45) is 4.99 Å². The van der Waals surface area contributed by atoms with Gasteiger partial charge in [0.15, 0.2) is 5.96 Å². The molecule has 4 nitrogen and oxygen atoms in total. The minimum atomic E-state index is -0.171. The molecule has 1 aliphatic carbocycles. The molecule has 1 aromatic carbocycles. The second kappa shape index (κ2) is 6.99. The average Bonchev–Trinajstić information content (AvgIpc) is 2.50. The summed E-state index contributed by atoms with van der Waals surface area (Å²) in [5, 5.41) is 7.00. The molecule has 0 amide bonds. The third-order valence-corrected chi connectivity index (χ3v) is 4.61. The van der Waals surface area contributed by atoms with E-state index >= 15 is 0 Å². The second-order valence-electron chi connectivity index (χ2n) is 6.25. The van der Waals surface area contributed by atoms with Gasteiger partial charge in [0.1, 0.15) is 5.82 Å². The number of nitrogens with one attached hydrogen (secondary N) is 2. The Morgan fingerprint density at radius 1 is 1.18 bits per heavy atom. The van der Waals surface area contributed by atoms with Gasteiger partial charge in [-0.1, -0.05) is 6.07 Å². The van der Waals surface area contributed by atoms with Crippen LogP contribution in [0.4, 0.5) is 10.1 Å². The first-order valence-electron chi connectivity index (χ1n) is 8.25. The van der Waals surface area contributed by atoms with E-state index in [1.165, 1.54) is 25.3 Å². The van der Waals surface area contributed by atoms with Gasteiger partial charge in [-0.2, -0.15) is 0 Å². The summed E-state index contributed by atoms with van der Waals surface area (Å²) < 4.78 is 13.4. The summed E-state index contributed by atoms with van der Waals surface area (Å²) in [4.78, 5) is 6.58. The minimum Gasteiger partial charge on any atom is -0.369 e. The van der Waals surface area contributed by atoms with Crippen LogP contribution in [0.5, 0.6) is 0 Å². The van der Waals surface area contributed by atoms with E-state index in [1.54, 1.807) is 12.1 Å². The summed E-state index contributed by atoms with van der Waals surface area (Å²) >= 11 is 0. The van der Waals surface area contributed by atoms with E-state index in [0.717, 1.165) is 37.6 Å². The van der Waals surface area contributed by atoms with Gasteiger partial charge in [-0.15, -0.1) is 0 Å². The molecule has 0 bridgehead atoms. The highest BCUT2D eigenvalue weighted by molar-refractivity contribution is 5.80. The summed E-state index contributed by atoms with van der Waals surface area (Å²) in [7, 11) is 1.82. The van der Waals surface area contributed by atoms with Gasteiger partial charge in [0.05, 0.1) is 0 Å². The normalized spacial score (nSPS) is 23.1. The predicted octanol–water partition coefficient (Wildman–Crippen LogP) is 2.51. The molecule has 2 fully saturated rings. The SMILES string of the molecule is CN=C(NC1CCC1)NC1CCCN(c2cccc(F)c2)C1. The molecule has 1 heterocycles. The molecule has 0 radical (unpaired) electrons. The summed E-state index contributed by atoms with van der Waals surface area (Å²) in [6, 6.07) is 7.79. The second-order valence-corrected chi connectivity index (χ2v) is 6.25. The van der Waals surface area contributed by atoms with E-state index in [-0.39, 0.29) is 5.82 Å². The number of rotatable bonds is 3. The van der Waals surface area contributed by atoms with Crippen molar-refractivity contribution in [2.75, 3.05) is 25.0 Å². The molecule has 1 atom stereocenters. The summed E-state index contributed by atoms with van der Waals surface area (Å²) in [6.07, 6.45) is 6.01. The first-order chi connectivity index (χ1) is 10.7. The fraction of sp³-hybridized carbons (Fsp3) is 0.588. The van der Waals surface area contributed by atoms with Crippen LogP contribution < -0.4 is 15.5 Å². The van der Waals surface area contributed by atoms with Crippen molar-refractivity contribution in [2.45, 2.75) is 44.2 Å². The Bertz CT molecular complexity index is 527. The van der Waals surface area contributed by atoms with Crippen molar-refractivity contribution in [3.05, 3.63) is 30.1 Å². The molecule has 5 heteroatoms. The van der Waals surface area contributed by atoms with E-state index in [2.05, 4.69) is 20.5 Å². The van der Waals surface area contributed by atoms with Crippen molar-refractivity contribution < 1.29 is 4.39 Å². The lowest BCUT2D eigenvalue weighted by Crippen LogP contribution is -2.54. The van der Waals surface area contributed by atoms with Crippen LogP contribution in [0.25, 0.3) is 0 Å². The zero-order chi connectivity index (χ0) is 15.4. The Balaban J connectivity index is 1.57. The van der Waals surface area contributed by atoms with Crippen molar-refractivity contribution in [1.29, 1.82) is 0 Å². The number of aliphatic imine (C=N–C) groups is 1. The first-order valence-corrected chi connectivity index (χ1v) is 8.25. The molecule has 1 saturated heterocycles. The summed E-state index contributed by atoms with van der Waals surface area (Å²) in [5.41, 5.74) is 0.966. The van der Waals surface area contributed by atoms with Crippen molar-refractivity contribution in [3.63, 3.8) is 0 Å². The first kappa shape index (κ1) is 15.1. The molecule has 120 valence electrons. The van der Waals surface area contributed by atoms with E-state index in [9.17, 15) is 4.39 Å². The number of benzene rings is 1. The van der Waals surface area contributed by atoms with Gasteiger partial charge in [0.25, 0.3) is 0 Å². The Morgan fingerprint density at radius 3 is 2.64 bits per heavy atom. The number of piperidine rings is 1. The van der Waals surface area contributed by atoms with Gasteiger partial charge in [0, 0.05) is 37.9 Å². The van der Waals surface area contributed by atoms with Gasteiger partial charge < -0.3 is 15.5 Å². The van der Waals surface area contributed by atoms with Crippen LogP contribution in [0, 0.1) is 5.82 Å². The molecular weight excluding hydrogens is 279 g/mol. The van der Waals surface area contributed by atoms with Crippen LogP contribution in [0.2, 0.25) is 0 Å². The van der Waals surface area contributed by atoms with Gasteiger partial charge in [-0.3, -0.25) is 4.99 Å². The monoisotopic (exact) mass is 304 g/mol. The highest BCUT2D eigenvalue weighted by Gasteiger charge is 2.23. The van der Waals surface area contributed by atoms with Crippen LogP contribution in [0.15, 0.2) is 29.3 Å².